The quantitative estimate of drug-likeness (QED) is 0.294. The van der Waals surface area contributed by atoms with Gasteiger partial charge in [0.15, 0.2) is 0 Å². The van der Waals surface area contributed by atoms with Gasteiger partial charge in [-0.3, -0.25) is 20.2 Å². The van der Waals surface area contributed by atoms with Gasteiger partial charge in [0.1, 0.15) is 0 Å². The Hall–Kier alpha value is -1.10. The Morgan fingerprint density at radius 3 is 1.57 bits per heavy atom. The highest BCUT2D eigenvalue weighted by atomic mass is 32.2. The summed E-state index contributed by atoms with van der Waals surface area (Å²) >= 11 is 2.93. The highest BCUT2D eigenvalue weighted by Gasteiger charge is 2.36. The highest BCUT2D eigenvalue weighted by Crippen LogP contribution is 2.25. The molecule has 0 aromatic heterocycles. The van der Waals surface area contributed by atoms with E-state index in [4.69, 9.17) is 9.98 Å². The third-order valence-corrected chi connectivity index (χ3v) is 6.36. The summed E-state index contributed by atoms with van der Waals surface area (Å²) in [5.74, 6) is -0.0237. The van der Waals surface area contributed by atoms with Crippen molar-refractivity contribution in [2.24, 2.45) is 9.98 Å². The number of rotatable bonds is 11. The summed E-state index contributed by atoms with van der Waals surface area (Å²) in [7, 11) is 0. The molecule has 28 heavy (non-hydrogen) atoms. The molecular formula is C18H32N6O2S2. The van der Waals surface area contributed by atoms with Crippen LogP contribution in [-0.4, -0.2) is 59.1 Å². The molecule has 0 unspecified atom stereocenters. The highest BCUT2D eigenvalue weighted by molar-refractivity contribution is 8.00. The van der Waals surface area contributed by atoms with Crippen LogP contribution in [0.1, 0.15) is 52.4 Å². The zero-order valence-electron chi connectivity index (χ0n) is 17.2. The molecule has 2 aliphatic rings. The van der Waals surface area contributed by atoms with Gasteiger partial charge in [-0.15, -0.1) is 0 Å². The predicted molar refractivity (Wildman–Crippen MR) is 119 cm³/mol. The molecule has 158 valence electrons. The van der Waals surface area contributed by atoms with Crippen molar-refractivity contribution in [3.8, 4) is 0 Å². The van der Waals surface area contributed by atoms with E-state index in [1.165, 1.54) is 23.5 Å². The predicted octanol–water partition coefficient (Wildman–Crippen LogP) is 1.64. The standard InChI is InChI=1S/C18H32N6O2S2/c1-5-7-13-11-15(25)23-17(21-13,27-3)19-9-10-20-18(28-4)22-14(8-6-2)12-16(26)24-18/h19-20H,5-12H2,1-4H3,(H,23,25)(H,24,26)/t17-,18-/m1/s1. The first-order chi connectivity index (χ1) is 13.4. The molecule has 0 aliphatic carbocycles. The van der Waals surface area contributed by atoms with Crippen molar-refractivity contribution in [2.75, 3.05) is 25.6 Å². The van der Waals surface area contributed by atoms with E-state index >= 15 is 0 Å². The second-order valence-electron chi connectivity index (χ2n) is 6.86. The second-order valence-corrected chi connectivity index (χ2v) is 8.85. The zero-order valence-corrected chi connectivity index (χ0v) is 18.8. The molecule has 0 bridgehead atoms. The summed E-state index contributed by atoms with van der Waals surface area (Å²) in [5.41, 5.74) is 1.85. The lowest BCUT2D eigenvalue weighted by Crippen LogP contribution is -2.62. The molecule has 0 saturated carbocycles. The first-order valence-corrected chi connectivity index (χ1v) is 12.2. The van der Waals surface area contributed by atoms with E-state index in [-0.39, 0.29) is 11.8 Å². The molecule has 2 amide bonds. The van der Waals surface area contributed by atoms with Crippen molar-refractivity contribution >= 4 is 46.8 Å². The summed E-state index contributed by atoms with van der Waals surface area (Å²) in [6, 6.07) is 0. The van der Waals surface area contributed by atoms with Crippen LogP contribution in [0.5, 0.6) is 0 Å². The lowest BCUT2D eigenvalue weighted by molar-refractivity contribution is -0.122. The smallest absolute Gasteiger partial charge is 0.236 e. The maximum absolute atomic E-state index is 12.1. The number of carbonyl (C=O) groups excluding carboxylic acids is 2. The Morgan fingerprint density at radius 1 is 0.857 bits per heavy atom. The molecule has 2 atom stereocenters. The number of nitrogens with one attached hydrogen (secondary N) is 4. The number of carbonyl (C=O) groups is 2. The van der Waals surface area contributed by atoms with E-state index in [0.717, 1.165) is 37.1 Å². The third kappa shape index (κ3) is 6.20. The maximum Gasteiger partial charge on any atom is 0.236 e. The molecule has 0 radical (unpaired) electrons. The molecule has 10 heteroatoms. The Labute approximate surface area is 175 Å². The lowest BCUT2D eigenvalue weighted by Gasteiger charge is -2.36. The molecular weight excluding hydrogens is 396 g/mol. The minimum atomic E-state index is -0.833. The first-order valence-electron chi connectivity index (χ1n) is 9.77. The average molecular weight is 429 g/mol. The van der Waals surface area contributed by atoms with E-state index in [1.807, 2.05) is 12.5 Å². The van der Waals surface area contributed by atoms with E-state index < -0.39 is 10.2 Å². The lowest BCUT2D eigenvalue weighted by atomic mass is 10.1. The molecule has 0 spiro atoms. The molecule has 0 aromatic rings. The number of hydrogen-bond acceptors (Lipinski definition) is 8. The number of hydrogen-bond donors (Lipinski definition) is 4. The van der Waals surface area contributed by atoms with Crippen molar-refractivity contribution in [2.45, 2.75) is 62.6 Å². The molecule has 0 saturated heterocycles. The fourth-order valence-corrected chi connectivity index (χ4v) is 4.62. The average Bonchev–Trinajstić information content (AvgIpc) is 2.65. The summed E-state index contributed by atoms with van der Waals surface area (Å²) in [6.45, 7) is 5.28. The van der Waals surface area contributed by atoms with Crippen molar-refractivity contribution < 1.29 is 9.59 Å². The molecule has 0 aromatic carbocycles. The molecule has 2 rings (SSSR count). The van der Waals surface area contributed by atoms with E-state index in [0.29, 0.717) is 25.9 Å². The largest absolute Gasteiger partial charge is 0.310 e. The zero-order chi connectivity index (χ0) is 20.6. The van der Waals surface area contributed by atoms with Crippen LogP contribution >= 0.6 is 23.5 Å². The Balaban J connectivity index is 1.99. The normalized spacial score (nSPS) is 27.7. The molecule has 2 heterocycles. The Morgan fingerprint density at radius 2 is 1.25 bits per heavy atom. The van der Waals surface area contributed by atoms with Crippen LogP contribution in [0.4, 0.5) is 0 Å². The third-order valence-electron chi connectivity index (χ3n) is 4.50. The van der Waals surface area contributed by atoms with Gasteiger partial charge in [0.2, 0.25) is 22.1 Å². The maximum atomic E-state index is 12.1. The van der Waals surface area contributed by atoms with Crippen molar-refractivity contribution in [1.29, 1.82) is 0 Å². The van der Waals surface area contributed by atoms with E-state index in [1.54, 1.807) is 0 Å². The van der Waals surface area contributed by atoms with Crippen molar-refractivity contribution in [3.63, 3.8) is 0 Å². The van der Waals surface area contributed by atoms with Crippen molar-refractivity contribution in [1.82, 2.24) is 21.3 Å². The van der Waals surface area contributed by atoms with Gasteiger partial charge in [0.05, 0.1) is 12.8 Å². The van der Waals surface area contributed by atoms with Gasteiger partial charge in [0.25, 0.3) is 0 Å². The minimum absolute atomic E-state index is 0.0119. The molecule has 4 N–H and O–H groups in total. The first kappa shape index (κ1) is 23.2. The van der Waals surface area contributed by atoms with Gasteiger partial charge in [-0.25, -0.2) is 9.98 Å². The van der Waals surface area contributed by atoms with Crippen LogP contribution in [0, 0.1) is 0 Å². The topological polar surface area (TPSA) is 107 Å². The van der Waals surface area contributed by atoms with Gasteiger partial charge in [0, 0.05) is 24.5 Å². The van der Waals surface area contributed by atoms with Gasteiger partial charge in [-0.1, -0.05) is 50.2 Å². The number of amides is 2. The number of aliphatic imine (C=N–C) groups is 2. The summed E-state index contributed by atoms with van der Waals surface area (Å²) < 4.78 is 0. The van der Waals surface area contributed by atoms with Gasteiger partial charge in [-0.05, 0) is 25.4 Å². The van der Waals surface area contributed by atoms with Crippen LogP contribution in [0.15, 0.2) is 9.98 Å². The fourth-order valence-electron chi connectivity index (χ4n) is 3.25. The fraction of sp³-hybridized carbons (Fsp3) is 0.778. The summed E-state index contributed by atoms with van der Waals surface area (Å²) in [5, 5.41) is 10.9. The summed E-state index contributed by atoms with van der Waals surface area (Å²) in [6.07, 6.45) is 8.16. The SMILES string of the molecule is CCCC1=N[C@@](NCCN[C@@]2(SC)N=C(CCC)CC(=O)N2)(SC)NC(=O)C1. The van der Waals surface area contributed by atoms with E-state index in [2.05, 4.69) is 35.1 Å². The second kappa shape index (κ2) is 10.6. The van der Waals surface area contributed by atoms with Gasteiger partial charge in [-0.2, -0.15) is 0 Å². The Bertz CT molecular complexity index is 588. The number of nitrogens with zero attached hydrogens (tertiary/aromatic N) is 2. The van der Waals surface area contributed by atoms with Gasteiger partial charge < -0.3 is 10.6 Å². The van der Waals surface area contributed by atoms with Crippen LogP contribution in [0.3, 0.4) is 0 Å². The summed E-state index contributed by atoms with van der Waals surface area (Å²) in [4.78, 5) is 33.7. The van der Waals surface area contributed by atoms with Gasteiger partial charge >= 0.3 is 0 Å². The van der Waals surface area contributed by atoms with Crippen LogP contribution in [0.2, 0.25) is 0 Å². The Kier molecular flexibility index (Phi) is 8.79. The minimum Gasteiger partial charge on any atom is -0.310 e. The molecule has 8 nitrogen and oxygen atoms in total. The molecule has 2 aliphatic heterocycles. The van der Waals surface area contributed by atoms with Crippen LogP contribution in [0.25, 0.3) is 0 Å². The van der Waals surface area contributed by atoms with Crippen LogP contribution in [-0.2, 0) is 9.59 Å². The van der Waals surface area contributed by atoms with Crippen LogP contribution < -0.4 is 21.3 Å². The monoisotopic (exact) mass is 428 g/mol. The molecule has 0 fully saturated rings. The number of thioether (sulfide) groups is 2. The van der Waals surface area contributed by atoms with Crippen molar-refractivity contribution in [3.05, 3.63) is 0 Å². The van der Waals surface area contributed by atoms with E-state index in [9.17, 15) is 9.59 Å².